The Labute approximate surface area is 144 Å². The standard InChI is InChI=1S/C16H20N2O5S/c1-5-23-16(20)12-8-24-14(18-12)13(21-3)11-7-6-10(9(2)17-11)15(19)22-4/h7-8,13,17H,5-6H2,1-4H3. The van der Waals surface area contributed by atoms with Crippen LogP contribution in [0.15, 0.2) is 28.4 Å². The van der Waals surface area contributed by atoms with Crippen molar-refractivity contribution in [3.63, 3.8) is 0 Å². The number of nitrogens with one attached hydrogen (secondary N) is 1. The number of methoxy groups -OCH3 is 2. The molecular formula is C16H20N2O5S. The van der Waals surface area contributed by atoms with Gasteiger partial charge in [0.25, 0.3) is 0 Å². The van der Waals surface area contributed by atoms with Crippen LogP contribution < -0.4 is 5.32 Å². The minimum Gasteiger partial charge on any atom is -0.466 e. The average Bonchev–Trinajstić information content (AvgIpc) is 3.05. The molecule has 0 aliphatic carbocycles. The number of dihydropyridines is 1. The molecule has 1 aliphatic heterocycles. The Kier molecular flexibility index (Phi) is 6.10. The Morgan fingerprint density at radius 3 is 2.71 bits per heavy atom. The molecule has 7 nitrogen and oxygen atoms in total. The highest BCUT2D eigenvalue weighted by Crippen LogP contribution is 2.30. The van der Waals surface area contributed by atoms with Gasteiger partial charge in [-0.2, -0.15) is 0 Å². The van der Waals surface area contributed by atoms with E-state index in [2.05, 4.69) is 10.3 Å². The van der Waals surface area contributed by atoms with Crippen LogP contribution in [0.3, 0.4) is 0 Å². The van der Waals surface area contributed by atoms with Crippen LogP contribution in [0.25, 0.3) is 0 Å². The SMILES string of the molecule is CCOC(=O)c1csc(C(OC)C2=CCC(C(=O)OC)=C(C)N2)n1. The molecule has 2 rings (SSSR count). The van der Waals surface area contributed by atoms with Gasteiger partial charge in [0.1, 0.15) is 11.1 Å². The van der Waals surface area contributed by atoms with E-state index in [1.54, 1.807) is 26.3 Å². The van der Waals surface area contributed by atoms with E-state index in [1.165, 1.54) is 18.4 Å². The zero-order valence-corrected chi connectivity index (χ0v) is 14.9. The third kappa shape index (κ3) is 3.82. The van der Waals surface area contributed by atoms with E-state index >= 15 is 0 Å². The molecule has 0 saturated carbocycles. The summed E-state index contributed by atoms with van der Waals surface area (Å²) in [5.41, 5.74) is 2.32. The third-order valence-corrected chi connectivity index (χ3v) is 4.38. The van der Waals surface area contributed by atoms with E-state index in [9.17, 15) is 9.59 Å². The van der Waals surface area contributed by atoms with Crippen LogP contribution in [0.1, 0.15) is 41.9 Å². The maximum absolute atomic E-state index is 11.7. The van der Waals surface area contributed by atoms with Crippen LogP contribution in [0.5, 0.6) is 0 Å². The van der Waals surface area contributed by atoms with Crippen molar-refractivity contribution in [2.45, 2.75) is 26.4 Å². The lowest BCUT2D eigenvalue weighted by Crippen LogP contribution is -2.25. The fraction of sp³-hybridized carbons (Fsp3) is 0.438. The van der Waals surface area contributed by atoms with E-state index in [0.29, 0.717) is 29.3 Å². The topological polar surface area (TPSA) is 86.8 Å². The number of esters is 2. The first-order valence-corrected chi connectivity index (χ1v) is 8.30. The fourth-order valence-electron chi connectivity index (χ4n) is 2.31. The minimum absolute atomic E-state index is 0.262. The number of ether oxygens (including phenoxy) is 3. The van der Waals surface area contributed by atoms with Gasteiger partial charge in [-0.25, -0.2) is 14.6 Å². The molecule has 0 aromatic carbocycles. The molecule has 0 bridgehead atoms. The molecule has 1 aromatic heterocycles. The molecule has 1 atom stereocenters. The number of carbonyl (C=O) groups excluding carboxylic acids is 2. The quantitative estimate of drug-likeness (QED) is 0.786. The summed E-state index contributed by atoms with van der Waals surface area (Å²) in [6.45, 7) is 3.85. The third-order valence-electron chi connectivity index (χ3n) is 3.49. The van der Waals surface area contributed by atoms with E-state index in [1.807, 2.05) is 6.08 Å². The van der Waals surface area contributed by atoms with Crippen LogP contribution >= 0.6 is 11.3 Å². The van der Waals surface area contributed by atoms with Gasteiger partial charge in [0.2, 0.25) is 0 Å². The largest absolute Gasteiger partial charge is 0.466 e. The Morgan fingerprint density at radius 1 is 1.38 bits per heavy atom. The van der Waals surface area contributed by atoms with E-state index in [-0.39, 0.29) is 11.7 Å². The molecule has 2 heterocycles. The summed E-state index contributed by atoms with van der Waals surface area (Å²) in [5.74, 6) is -0.812. The van der Waals surface area contributed by atoms with E-state index < -0.39 is 12.1 Å². The number of carbonyl (C=O) groups is 2. The van der Waals surface area contributed by atoms with Crippen LogP contribution in [-0.2, 0) is 19.0 Å². The second-order valence-electron chi connectivity index (χ2n) is 4.99. The number of hydrogen-bond acceptors (Lipinski definition) is 8. The molecule has 0 radical (unpaired) electrons. The van der Waals surface area contributed by atoms with Crippen molar-refractivity contribution in [3.05, 3.63) is 39.1 Å². The number of hydrogen-bond donors (Lipinski definition) is 1. The van der Waals surface area contributed by atoms with Crippen LogP contribution in [0.2, 0.25) is 0 Å². The van der Waals surface area contributed by atoms with Gasteiger partial charge in [0, 0.05) is 30.3 Å². The zero-order chi connectivity index (χ0) is 17.7. The van der Waals surface area contributed by atoms with Gasteiger partial charge in [-0.05, 0) is 13.8 Å². The summed E-state index contributed by atoms with van der Waals surface area (Å²) in [5, 5.41) is 5.44. The van der Waals surface area contributed by atoms with Crippen molar-refractivity contribution >= 4 is 23.3 Å². The summed E-state index contributed by atoms with van der Waals surface area (Å²) >= 11 is 1.32. The first kappa shape index (κ1) is 18.2. The smallest absolute Gasteiger partial charge is 0.357 e. The maximum Gasteiger partial charge on any atom is 0.357 e. The molecule has 24 heavy (non-hydrogen) atoms. The summed E-state index contributed by atoms with van der Waals surface area (Å²) in [4.78, 5) is 27.7. The monoisotopic (exact) mass is 352 g/mol. The van der Waals surface area contributed by atoms with Crippen LogP contribution in [-0.4, -0.2) is 37.7 Å². The second kappa shape index (κ2) is 8.07. The lowest BCUT2D eigenvalue weighted by Gasteiger charge is -2.24. The van der Waals surface area contributed by atoms with Gasteiger partial charge in [-0.15, -0.1) is 11.3 Å². The lowest BCUT2D eigenvalue weighted by atomic mass is 10.0. The van der Waals surface area contributed by atoms with Gasteiger partial charge in [-0.1, -0.05) is 6.08 Å². The number of aromatic nitrogens is 1. The molecule has 130 valence electrons. The second-order valence-corrected chi connectivity index (χ2v) is 5.88. The number of nitrogens with zero attached hydrogens (tertiary/aromatic N) is 1. The number of rotatable bonds is 6. The number of allylic oxidation sites excluding steroid dienone is 2. The summed E-state index contributed by atoms with van der Waals surface area (Å²) < 4.78 is 15.2. The summed E-state index contributed by atoms with van der Waals surface area (Å²) in [6, 6.07) is 0. The maximum atomic E-state index is 11.7. The molecule has 1 aliphatic rings. The average molecular weight is 352 g/mol. The molecule has 0 spiro atoms. The van der Waals surface area contributed by atoms with Crippen molar-refractivity contribution in [3.8, 4) is 0 Å². The highest BCUT2D eigenvalue weighted by molar-refractivity contribution is 7.09. The number of thiazole rings is 1. The molecule has 8 heteroatoms. The Bertz CT molecular complexity index is 692. The molecular weight excluding hydrogens is 332 g/mol. The van der Waals surface area contributed by atoms with Crippen LogP contribution in [0.4, 0.5) is 0 Å². The summed E-state index contributed by atoms with van der Waals surface area (Å²) in [7, 11) is 2.92. The van der Waals surface area contributed by atoms with Crippen molar-refractivity contribution in [1.82, 2.24) is 10.3 Å². The molecule has 1 N–H and O–H groups in total. The fourth-order valence-corrected chi connectivity index (χ4v) is 3.19. The van der Waals surface area contributed by atoms with Crippen molar-refractivity contribution in [1.29, 1.82) is 0 Å². The predicted octanol–water partition coefficient (Wildman–Crippen LogP) is 2.33. The predicted molar refractivity (Wildman–Crippen MR) is 88.4 cm³/mol. The molecule has 0 fully saturated rings. The van der Waals surface area contributed by atoms with Gasteiger partial charge < -0.3 is 19.5 Å². The Hall–Kier alpha value is -2.19. The Balaban J connectivity index is 2.17. The molecule has 0 amide bonds. The molecule has 1 aromatic rings. The Morgan fingerprint density at radius 2 is 2.12 bits per heavy atom. The first-order chi connectivity index (χ1) is 11.5. The van der Waals surface area contributed by atoms with Crippen LogP contribution in [0, 0.1) is 0 Å². The zero-order valence-electron chi connectivity index (χ0n) is 14.0. The van der Waals surface area contributed by atoms with E-state index in [4.69, 9.17) is 14.2 Å². The normalized spacial score (nSPS) is 15.4. The molecule has 1 unspecified atom stereocenters. The molecule has 0 saturated heterocycles. The van der Waals surface area contributed by atoms with Gasteiger partial charge in [0.15, 0.2) is 5.69 Å². The first-order valence-electron chi connectivity index (χ1n) is 7.42. The highest BCUT2D eigenvalue weighted by atomic mass is 32.1. The highest BCUT2D eigenvalue weighted by Gasteiger charge is 2.26. The van der Waals surface area contributed by atoms with Crippen molar-refractivity contribution < 1.29 is 23.8 Å². The van der Waals surface area contributed by atoms with Crippen molar-refractivity contribution in [2.75, 3.05) is 20.8 Å². The van der Waals surface area contributed by atoms with Gasteiger partial charge >= 0.3 is 11.9 Å². The minimum atomic E-state index is -0.454. The van der Waals surface area contributed by atoms with Crippen molar-refractivity contribution in [2.24, 2.45) is 0 Å². The van der Waals surface area contributed by atoms with Gasteiger partial charge in [-0.3, -0.25) is 0 Å². The van der Waals surface area contributed by atoms with Gasteiger partial charge in [0.05, 0.1) is 19.3 Å². The summed E-state index contributed by atoms with van der Waals surface area (Å²) in [6.07, 6.45) is 1.85. The lowest BCUT2D eigenvalue weighted by molar-refractivity contribution is -0.136. The van der Waals surface area contributed by atoms with E-state index in [0.717, 1.165) is 5.70 Å².